The molecular formula is C30H34O8. The molecule has 0 bridgehead atoms. The third-order valence-corrected chi connectivity index (χ3v) is 9.36. The van der Waals surface area contributed by atoms with E-state index >= 15 is 0 Å². The number of Topliss-reactive ketones (excluding diaryl/α,β-unsaturated/α-hetero) is 3. The summed E-state index contributed by atoms with van der Waals surface area (Å²) >= 11 is 0. The van der Waals surface area contributed by atoms with Crippen molar-refractivity contribution in [1.82, 2.24) is 0 Å². The second-order valence-electron chi connectivity index (χ2n) is 11.5. The van der Waals surface area contributed by atoms with Crippen LogP contribution in [0.5, 0.6) is 5.75 Å². The second kappa shape index (κ2) is 8.50. The molecule has 3 aliphatic carbocycles. The highest BCUT2D eigenvalue weighted by Gasteiger charge is 2.78. The Morgan fingerprint density at radius 3 is 2.26 bits per heavy atom. The minimum Gasteiger partial charge on any atom is -0.507 e. The number of phenols is 1. The minimum atomic E-state index is -2.85. The van der Waals surface area contributed by atoms with Crippen LogP contribution in [0, 0.1) is 22.7 Å². The number of allylic oxidation sites excluding steroid dienone is 1. The lowest BCUT2D eigenvalue weighted by molar-refractivity contribution is -0.222. The maximum absolute atomic E-state index is 14.5. The highest BCUT2D eigenvalue weighted by Crippen LogP contribution is 2.68. The molecule has 3 N–H and O–H groups in total. The Kier molecular flexibility index (Phi) is 6.15. The lowest BCUT2D eigenvalue weighted by Gasteiger charge is -2.64. The number of ketones is 3. The zero-order chi connectivity index (χ0) is 28.7. The molecule has 38 heavy (non-hydrogen) atoms. The molecule has 0 aliphatic heterocycles. The number of aliphatic hydroxyl groups excluding tert-OH is 1. The molecule has 1 aromatic carbocycles. The van der Waals surface area contributed by atoms with Gasteiger partial charge in [0.25, 0.3) is 0 Å². The molecular weight excluding hydrogens is 488 g/mol. The number of carbonyl (C=O) groups is 4. The summed E-state index contributed by atoms with van der Waals surface area (Å²) in [6, 6.07) is 4.66. The van der Waals surface area contributed by atoms with Gasteiger partial charge in [-0.1, -0.05) is 58.9 Å². The van der Waals surface area contributed by atoms with E-state index in [1.165, 1.54) is 13.0 Å². The van der Waals surface area contributed by atoms with Crippen LogP contribution in [0.25, 0.3) is 5.76 Å². The van der Waals surface area contributed by atoms with Crippen molar-refractivity contribution >= 4 is 29.1 Å². The molecule has 0 unspecified atom stereocenters. The monoisotopic (exact) mass is 522 g/mol. The number of phenolic OH excluding ortho intramolecular Hbond substituents is 1. The van der Waals surface area contributed by atoms with E-state index in [0.717, 1.165) is 6.08 Å². The molecule has 8 nitrogen and oxygen atoms in total. The Morgan fingerprint density at radius 1 is 1.13 bits per heavy atom. The number of benzene rings is 1. The fourth-order valence-electron chi connectivity index (χ4n) is 7.78. The predicted molar refractivity (Wildman–Crippen MR) is 139 cm³/mol. The van der Waals surface area contributed by atoms with Crippen LogP contribution in [-0.2, 0) is 23.9 Å². The molecule has 3 aliphatic rings. The van der Waals surface area contributed by atoms with E-state index in [2.05, 4.69) is 6.58 Å². The highest BCUT2D eigenvalue weighted by molar-refractivity contribution is 6.34. The summed E-state index contributed by atoms with van der Waals surface area (Å²) < 4.78 is 6.00. The van der Waals surface area contributed by atoms with Gasteiger partial charge in [0.1, 0.15) is 17.6 Å². The van der Waals surface area contributed by atoms with E-state index in [1.807, 2.05) is 13.8 Å². The normalized spacial score (nSPS) is 34.5. The first kappa shape index (κ1) is 27.5. The summed E-state index contributed by atoms with van der Waals surface area (Å²) in [6.45, 7) is 15.0. The van der Waals surface area contributed by atoms with Crippen LogP contribution in [0.4, 0.5) is 0 Å². The predicted octanol–water partition coefficient (Wildman–Crippen LogP) is 3.96. The Hall–Kier alpha value is -3.52. The molecule has 0 spiro atoms. The zero-order valence-electron chi connectivity index (χ0n) is 22.7. The zero-order valence-corrected chi connectivity index (χ0v) is 22.7. The molecule has 6 atom stereocenters. The second-order valence-corrected chi connectivity index (χ2v) is 11.5. The minimum absolute atomic E-state index is 0.00371. The van der Waals surface area contributed by atoms with Crippen molar-refractivity contribution < 1.29 is 39.2 Å². The molecule has 0 aromatic heterocycles. The molecule has 0 radical (unpaired) electrons. The van der Waals surface area contributed by atoms with Gasteiger partial charge in [-0.05, 0) is 43.2 Å². The average Bonchev–Trinajstić information content (AvgIpc) is 2.82. The fourth-order valence-corrected chi connectivity index (χ4v) is 7.78. The van der Waals surface area contributed by atoms with Crippen LogP contribution in [-0.4, -0.2) is 50.3 Å². The summed E-state index contributed by atoms with van der Waals surface area (Å²) in [6.07, 6.45) is -0.372. The summed E-state index contributed by atoms with van der Waals surface area (Å²) in [5.41, 5.74) is -5.72. The first-order valence-electron chi connectivity index (χ1n) is 12.7. The SMILES string of the molecule is C=CC(=O)O[C@H]1[C@@]2(C)C(=C(O)c3c(O)cccc3[C@@H]2C)C(=O)[C@]2(O)C(=O)C(C(C)=O)=C(C)[C@@H](C(C)C)[C@]12C. The van der Waals surface area contributed by atoms with E-state index < -0.39 is 63.4 Å². The number of aromatic hydroxyl groups is 1. The Labute approximate surface area is 221 Å². The molecule has 0 amide bonds. The van der Waals surface area contributed by atoms with Crippen LogP contribution < -0.4 is 0 Å². The van der Waals surface area contributed by atoms with Crippen LogP contribution in [0.2, 0.25) is 0 Å². The molecule has 8 heteroatoms. The van der Waals surface area contributed by atoms with Gasteiger partial charge in [0.05, 0.1) is 22.1 Å². The number of aliphatic hydroxyl groups is 2. The maximum atomic E-state index is 14.5. The topological polar surface area (TPSA) is 138 Å². The number of hydrogen-bond donors (Lipinski definition) is 3. The third kappa shape index (κ3) is 3.01. The van der Waals surface area contributed by atoms with Crippen molar-refractivity contribution in [2.75, 3.05) is 0 Å². The Morgan fingerprint density at radius 2 is 1.74 bits per heavy atom. The van der Waals surface area contributed by atoms with Crippen LogP contribution in [0.3, 0.4) is 0 Å². The average molecular weight is 523 g/mol. The molecule has 202 valence electrons. The number of rotatable bonds is 4. The summed E-state index contributed by atoms with van der Waals surface area (Å²) in [5.74, 6) is -6.17. The number of esters is 1. The van der Waals surface area contributed by atoms with E-state index in [1.54, 1.807) is 39.8 Å². The molecule has 0 heterocycles. The summed E-state index contributed by atoms with van der Waals surface area (Å²) in [7, 11) is 0. The van der Waals surface area contributed by atoms with Gasteiger partial charge in [-0.15, -0.1) is 0 Å². The van der Waals surface area contributed by atoms with Gasteiger partial charge in [-0.25, -0.2) is 4.79 Å². The van der Waals surface area contributed by atoms with Gasteiger partial charge < -0.3 is 20.1 Å². The third-order valence-electron chi connectivity index (χ3n) is 9.36. The van der Waals surface area contributed by atoms with E-state index in [0.29, 0.717) is 11.1 Å². The first-order chi connectivity index (χ1) is 17.5. The lowest BCUT2D eigenvalue weighted by atomic mass is 9.39. The number of fused-ring (bicyclic) bond motifs is 3. The highest BCUT2D eigenvalue weighted by atomic mass is 16.5. The van der Waals surface area contributed by atoms with Crippen LogP contribution in [0.15, 0.2) is 47.6 Å². The van der Waals surface area contributed by atoms with Gasteiger partial charge in [-0.2, -0.15) is 0 Å². The van der Waals surface area contributed by atoms with Crippen molar-refractivity contribution in [3.8, 4) is 5.75 Å². The molecule has 1 fully saturated rings. The van der Waals surface area contributed by atoms with Gasteiger partial charge in [0.2, 0.25) is 11.6 Å². The largest absolute Gasteiger partial charge is 0.507 e. The maximum Gasteiger partial charge on any atom is 0.330 e. The first-order valence-corrected chi connectivity index (χ1v) is 12.7. The van der Waals surface area contributed by atoms with E-state index in [-0.39, 0.29) is 28.4 Å². The quantitative estimate of drug-likeness (QED) is 0.234. The van der Waals surface area contributed by atoms with Gasteiger partial charge >= 0.3 is 5.97 Å². The molecule has 1 saturated carbocycles. The van der Waals surface area contributed by atoms with Crippen LogP contribution in [0.1, 0.15) is 65.5 Å². The van der Waals surface area contributed by atoms with E-state index in [9.17, 15) is 34.5 Å². The van der Waals surface area contributed by atoms with E-state index in [4.69, 9.17) is 4.74 Å². The summed E-state index contributed by atoms with van der Waals surface area (Å²) in [5, 5.41) is 34.5. The van der Waals surface area contributed by atoms with Gasteiger partial charge in [-0.3, -0.25) is 14.4 Å². The smallest absolute Gasteiger partial charge is 0.330 e. The van der Waals surface area contributed by atoms with Gasteiger partial charge in [0.15, 0.2) is 11.4 Å². The van der Waals surface area contributed by atoms with Crippen molar-refractivity contribution in [2.45, 2.75) is 66.1 Å². The number of carbonyl (C=O) groups excluding carboxylic acids is 4. The summed E-state index contributed by atoms with van der Waals surface area (Å²) in [4.78, 5) is 54.0. The Balaban J connectivity index is 2.23. The molecule has 4 rings (SSSR count). The fraction of sp³-hybridized carbons (Fsp3) is 0.467. The standard InChI is InChI=1S/C30H34O8/c1-9-19(33)38-27-28(7)15(5)17-11-10-12-18(32)21(17)24(34)23(28)26(36)30(37)25(35)20(16(6)31)14(4)22(13(2)3)29(27,30)8/h9-13,15,22,27,32,34,37H,1H2,2-8H3/t15-,22+,27-,28+,29+,30+/m0/s1. The van der Waals surface area contributed by atoms with Gasteiger partial charge in [0, 0.05) is 11.5 Å². The molecule has 0 saturated heterocycles. The lowest BCUT2D eigenvalue weighted by Crippen LogP contribution is -2.77. The molecule has 1 aromatic rings. The van der Waals surface area contributed by atoms with Crippen molar-refractivity contribution in [2.24, 2.45) is 22.7 Å². The Bertz CT molecular complexity index is 1380. The van der Waals surface area contributed by atoms with Crippen LogP contribution >= 0.6 is 0 Å². The van der Waals surface area contributed by atoms with Crippen molar-refractivity contribution in [3.63, 3.8) is 0 Å². The van der Waals surface area contributed by atoms with Crippen molar-refractivity contribution in [3.05, 3.63) is 58.7 Å². The van der Waals surface area contributed by atoms with Crippen molar-refractivity contribution in [1.29, 1.82) is 0 Å². The number of ether oxygens (including phenoxy) is 1. The number of hydrogen-bond acceptors (Lipinski definition) is 8.